The Morgan fingerprint density at radius 3 is 2.38 bits per heavy atom. The van der Waals surface area contributed by atoms with Gasteiger partial charge in [0.05, 0.1) is 49.0 Å². The maximum absolute atomic E-state index is 12.7. The lowest BCUT2D eigenvalue weighted by molar-refractivity contribution is -0.147. The fourth-order valence-corrected chi connectivity index (χ4v) is 3.74. The summed E-state index contributed by atoms with van der Waals surface area (Å²) in [5.74, 6) is -2.19. The second-order valence-electron chi connectivity index (χ2n) is 5.86. The van der Waals surface area contributed by atoms with E-state index in [2.05, 4.69) is 5.32 Å². The topological polar surface area (TPSA) is 94.1 Å². The number of nitrogens with one attached hydrogen (secondary N) is 1. The summed E-state index contributed by atoms with van der Waals surface area (Å²) in [6, 6.07) is 3.07. The normalized spacial score (nSPS) is 27.8. The minimum absolute atomic E-state index is 0.313. The molecule has 2 fully saturated rings. The predicted octanol–water partition coefficient (Wildman–Crippen LogP) is 2.17. The van der Waals surface area contributed by atoms with Gasteiger partial charge in [-0.1, -0.05) is 11.6 Å². The van der Waals surface area contributed by atoms with Gasteiger partial charge < -0.3 is 24.6 Å². The summed E-state index contributed by atoms with van der Waals surface area (Å²) in [6.07, 6.45) is 0.594. The Balaban J connectivity index is 1.84. The minimum Gasteiger partial charge on any atom is -0.495 e. The van der Waals surface area contributed by atoms with Crippen LogP contribution in [0.3, 0.4) is 0 Å². The maximum atomic E-state index is 12.7. The molecule has 1 aromatic rings. The lowest BCUT2D eigenvalue weighted by atomic mass is 9.78. The number of halogens is 1. The molecule has 0 aromatic heterocycles. The first-order chi connectivity index (χ1) is 11.5. The van der Waals surface area contributed by atoms with Crippen molar-refractivity contribution in [3.8, 4) is 11.5 Å². The molecule has 2 heterocycles. The minimum atomic E-state index is -1.01. The number of methoxy groups -OCH3 is 2. The molecule has 8 heteroatoms. The van der Waals surface area contributed by atoms with E-state index in [0.29, 0.717) is 35.1 Å². The molecule has 2 aliphatic rings. The fourth-order valence-electron chi connectivity index (χ4n) is 3.50. The van der Waals surface area contributed by atoms with E-state index in [1.165, 1.54) is 20.3 Å². The lowest BCUT2D eigenvalue weighted by Crippen LogP contribution is -2.41. The van der Waals surface area contributed by atoms with Gasteiger partial charge in [0.1, 0.15) is 11.5 Å². The van der Waals surface area contributed by atoms with E-state index in [1.54, 1.807) is 6.07 Å². The number of anilines is 1. The monoisotopic (exact) mass is 355 g/mol. The van der Waals surface area contributed by atoms with Crippen molar-refractivity contribution in [1.82, 2.24) is 0 Å². The summed E-state index contributed by atoms with van der Waals surface area (Å²) >= 11 is 6.09. The van der Waals surface area contributed by atoms with Crippen LogP contribution in [-0.2, 0) is 14.3 Å². The molecule has 24 heavy (non-hydrogen) atoms. The predicted molar refractivity (Wildman–Crippen MR) is 85.7 cm³/mol. The van der Waals surface area contributed by atoms with Crippen molar-refractivity contribution in [2.75, 3.05) is 19.5 Å². The molecule has 3 rings (SSSR count). The Morgan fingerprint density at radius 2 is 1.79 bits per heavy atom. The smallest absolute Gasteiger partial charge is 0.310 e. The highest BCUT2D eigenvalue weighted by Crippen LogP contribution is 2.44. The van der Waals surface area contributed by atoms with Gasteiger partial charge in [0.25, 0.3) is 0 Å². The van der Waals surface area contributed by atoms with Crippen LogP contribution in [0.25, 0.3) is 0 Å². The molecule has 1 amide bonds. The zero-order chi connectivity index (χ0) is 17.4. The summed E-state index contributed by atoms with van der Waals surface area (Å²) < 4.78 is 16.0. The van der Waals surface area contributed by atoms with Crippen LogP contribution in [0.2, 0.25) is 5.02 Å². The molecule has 0 unspecified atom stereocenters. The molecule has 0 radical (unpaired) electrons. The molecule has 0 spiro atoms. The zero-order valence-corrected chi connectivity index (χ0v) is 14.0. The van der Waals surface area contributed by atoms with Crippen LogP contribution in [0.15, 0.2) is 12.1 Å². The summed E-state index contributed by atoms with van der Waals surface area (Å²) in [7, 11) is 2.93. The van der Waals surface area contributed by atoms with E-state index in [1.807, 2.05) is 0 Å². The average Bonchev–Trinajstić information content (AvgIpc) is 3.16. The van der Waals surface area contributed by atoms with Crippen LogP contribution >= 0.6 is 11.6 Å². The molecule has 2 N–H and O–H groups in total. The van der Waals surface area contributed by atoms with Crippen LogP contribution in [0.5, 0.6) is 11.5 Å². The molecule has 2 aliphatic heterocycles. The second-order valence-corrected chi connectivity index (χ2v) is 6.26. The number of ether oxygens (including phenoxy) is 3. The number of carbonyl (C=O) groups excluding carboxylic acids is 1. The number of rotatable bonds is 5. The van der Waals surface area contributed by atoms with Crippen molar-refractivity contribution in [1.29, 1.82) is 0 Å². The Morgan fingerprint density at radius 1 is 1.17 bits per heavy atom. The van der Waals surface area contributed by atoms with Crippen LogP contribution in [-0.4, -0.2) is 43.4 Å². The van der Waals surface area contributed by atoms with Gasteiger partial charge in [0.2, 0.25) is 5.91 Å². The number of carbonyl (C=O) groups is 2. The van der Waals surface area contributed by atoms with Crippen molar-refractivity contribution in [3.63, 3.8) is 0 Å². The second kappa shape index (κ2) is 6.49. The maximum Gasteiger partial charge on any atom is 0.310 e. The number of carboxylic acid groups (broad SMARTS) is 1. The number of aliphatic carboxylic acids is 1. The third-order valence-corrected chi connectivity index (χ3v) is 4.89. The Kier molecular flexibility index (Phi) is 4.56. The molecule has 0 saturated carbocycles. The lowest BCUT2D eigenvalue weighted by Gasteiger charge is -2.24. The zero-order valence-electron chi connectivity index (χ0n) is 13.2. The van der Waals surface area contributed by atoms with Crippen LogP contribution in [0.4, 0.5) is 5.69 Å². The Labute approximate surface area is 143 Å². The highest BCUT2D eigenvalue weighted by atomic mass is 35.5. The van der Waals surface area contributed by atoms with Gasteiger partial charge >= 0.3 is 5.97 Å². The molecule has 2 saturated heterocycles. The number of amides is 1. The first-order valence-electron chi connectivity index (χ1n) is 7.57. The molecule has 130 valence electrons. The highest BCUT2D eigenvalue weighted by Gasteiger charge is 2.55. The van der Waals surface area contributed by atoms with Gasteiger partial charge in [-0.3, -0.25) is 9.59 Å². The number of benzene rings is 1. The largest absolute Gasteiger partial charge is 0.495 e. The number of carboxylic acids is 1. The van der Waals surface area contributed by atoms with Crippen molar-refractivity contribution in [2.24, 2.45) is 11.8 Å². The van der Waals surface area contributed by atoms with E-state index in [-0.39, 0.29) is 6.10 Å². The Bertz CT molecular complexity index is 679. The van der Waals surface area contributed by atoms with Crippen LogP contribution < -0.4 is 14.8 Å². The number of hydrogen-bond donors (Lipinski definition) is 2. The summed E-state index contributed by atoms with van der Waals surface area (Å²) in [6.45, 7) is 0. The first-order valence-corrected chi connectivity index (χ1v) is 7.94. The molecular formula is C16H18ClNO6. The first kappa shape index (κ1) is 16.9. The van der Waals surface area contributed by atoms with Gasteiger partial charge in [-0.2, -0.15) is 0 Å². The highest BCUT2D eigenvalue weighted by molar-refractivity contribution is 6.32. The molecule has 2 bridgehead atoms. The molecule has 0 aliphatic carbocycles. The van der Waals surface area contributed by atoms with Gasteiger partial charge in [0, 0.05) is 6.07 Å². The average molecular weight is 356 g/mol. The SMILES string of the molecule is COc1cc(OC)c(NC(=O)[C@H]2[C@@H](C(=O)O)[C@@H]3CC[C@@H]2O3)cc1Cl. The van der Waals surface area contributed by atoms with Crippen molar-refractivity contribution < 1.29 is 28.9 Å². The number of fused-ring (bicyclic) bond motifs is 2. The van der Waals surface area contributed by atoms with E-state index in [4.69, 9.17) is 25.8 Å². The van der Waals surface area contributed by atoms with Gasteiger partial charge in [-0.25, -0.2) is 0 Å². The molecule has 7 nitrogen and oxygen atoms in total. The van der Waals surface area contributed by atoms with E-state index < -0.39 is 29.8 Å². The standard InChI is InChI=1S/C16H18ClNO6/c1-22-11-6-12(23-2)8(5-7(11)17)18-15(19)13-9-3-4-10(24-9)14(13)16(20)21/h5-6,9-10,13-14H,3-4H2,1-2H3,(H,18,19)(H,20,21)/t9-,10-,13+,14-/m0/s1. The quantitative estimate of drug-likeness (QED) is 0.840. The van der Waals surface area contributed by atoms with E-state index in [9.17, 15) is 14.7 Å². The van der Waals surface area contributed by atoms with Crippen LogP contribution in [0.1, 0.15) is 12.8 Å². The van der Waals surface area contributed by atoms with E-state index in [0.717, 1.165) is 0 Å². The van der Waals surface area contributed by atoms with Crippen LogP contribution in [0, 0.1) is 11.8 Å². The number of hydrogen-bond acceptors (Lipinski definition) is 5. The Hall–Kier alpha value is -1.99. The van der Waals surface area contributed by atoms with Crippen molar-refractivity contribution >= 4 is 29.2 Å². The van der Waals surface area contributed by atoms with Crippen molar-refractivity contribution in [3.05, 3.63) is 17.2 Å². The van der Waals surface area contributed by atoms with Gasteiger partial charge in [-0.15, -0.1) is 0 Å². The summed E-state index contributed by atoms with van der Waals surface area (Å²) in [5, 5.41) is 12.4. The summed E-state index contributed by atoms with van der Waals surface area (Å²) in [5.41, 5.74) is 0.361. The van der Waals surface area contributed by atoms with Gasteiger partial charge in [-0.05, 0) is 18.9 Å². The molecule has 1 aromatic carbocycles. The third kappa shape index (κ3) is 2.78. The fraction of sp³-hybridized carbons (Fsp3) is 0.500. The summed E-state index contributed by atoms with van der Waals surface area (Å²) in [4.78, 5) is 24.2. The molecule has 4 atom stereocenters. The van der Waals surface area contributed by atoms with Crippen molar-refractivity contribution in [2.45, 2.75) is 25.0 Å². The van der Waals surface area contributed by atoms with Gasteiger partial charge in [0.15, 0.2) is 0 Å². The van der Waals surface area contributed by atoms with E-state index >= 15 is 0 Å². The molecular weight excluding hydrogens is 338 g/mol. The third-order valence-electron chi connectivity index (χ3n) is 4.59.